The zero-order chi connectivity index (χ0) is 11.1. The average Bonchev–Trinajstić information content (AvgIpc) is 2.12. The van der Waals surface area contributed by atoms with Crippen molar-refractivity contribution in [3.8, 4) is 0 Å². The standard InChI is InChI=1S/C9H17N3O2/c1-8(2)5-6(11-7(10)13)9(3,4)12(8)14/h5,12H,1-4H3,(H3,10,11,13). The fourth-order valence-corrected chi connectivity index (χ4v) is 1.86. The fraction of sp³-hybridized carbons (Fsp3) is 0.667. The van der Waals surface area contributed by atoms with E-state index < -0.39 is 17.1 Å². The van der Waals surface area contributed by atoms with Gasteiger partial charge in [0, 0.05) is 6.08 Å². The number of hydroxylamine groups is 2. The molecule has 0 spiro atoms. The van der Waals surface area contributed by atoms with E-state index in [-0.39, 0.29) is 5.06 Å². The molecule has 5 nitrogen and oxygen atoms in total. The average molecular weight is 199 g/mol. The summed E-state index contributed by atoms with van der Waals surface area (Å²) in [6.07, 6.45) is 1.76. The predicted octanol–water partition coefficient (Wildman–Crippen LogP) is -0.508. The lowest BCUT2D eigenvalue weighted by Gasteiger charge is -2.41. The van der Waals surface area contributed by atoms with Crippen molar-refractivity contribution >= 4 is 6.03 Å². The molecule has 0 aliphatic carbocycles. The normalized spacial score (nSPS) is 28.4. The van der Waals surface area contributed by atoms with Crippen molar-refractivity contribution in [1.29, 1.82) is 0 Å². The topological polar surface area (TPSA) is 82.6 Å². The molecule has 1 heterocycles. The first-order valence-electron chi connectivity index (χ1n) is 4.52. The van der Waals surface area contributed by atoms with E-state index in [4.69, 9.17) is 5.73 Å². The number of carbonyl (C=O) groups excluding carboxylic acids is 1. The number of nitrogens with two attached hydrogens (primary N) is 1. The zero-order valence-electron chi connectivity index (χ0n) is 8.97. The van der Waals surface area contributed by atoms with Gasteiger partial charge in [-0.15, -0.1) is 0 Å². The van der Waals surface area contributed by atoms with E-state index in [0.29, 0.717) is 5.70 Å². The molecule has 80 valence electrons. The van der Waals surface area contributed by atoms with Crippen LogP contribution >= 0.6 is 0 Å². The lowest BCUT2D eigenvalue weighted by atomic mass is 10.0. The Labute approximate surface area is 83.5 Å². The van der Waals surface area contributed by atoms with Gasteiger partial charge in [-0.1, -0.05) is 0 Å². The number of rotatable bonds is 1. The molecular weight excluding hydrogens is 182 g/mol. The van der Waals surface area contributed by atoms with Crippen LogP contribution < -0.4 is 16.1 Å². The number of carbonyl (C=O) groups is 1. The highest BCUT2D eigenvalue weighted by molar-refractivity contribution is 5.74. The summed E-state index contributed by atoms with van der Waals surface area (Å²) in [5, 5.41) is 14.5. The van der Waals surface area contributed by atoms with Crippen LogP contribution in [0.2, 0.25) is 0 Å². The lowest BCUT2D eigenvalue weighted by Crippen LogP contribution is -3.20. The van der Waals surface area contributed by atoms with Crippen LogP contribution in [-0.4, -0.2) is 17.1 Å². The first kappa shape index (κ1) is 11.0. The molecule has 0 aromatic heterocycles. The molecule has 2 amide bonds. The van der Waals surface area contributed by atoms with E-state index >= 15 is 0 Å². The molecule has 0 saturated heterocycles. The molecule has 1 aliphatic rings. The molecule has 0 radical (unpaired) electrons. The molecule has 0 aromatic rings. The number of primary amides is 1. The molecule has 5 heteroatoms. The first-order chi connectivity index (χ1) is 6.18. The second kappa shape index (κ2) is 2.96. The van der Waals surface area contributed by atoms with Gasteiger partial charge >= 0.3 is 6.03 Å². The van der Waals surface area contributed by atoms with E-state index in [2.05, 4.69) is 5.32 Å². The minimum Gasteiger partial charge on any atom is -0.633 e. The van der Waals surface area contributed by atoms with Crippen LogP contribution in [-0.2, 0) is 0 Å². The van der Waals surface area contributed by atoms with E-state index in [0.717, 1.165) is 0 Å². The fourth-order valence-electron chi connectivity index (χ4n) is 1.86. The maximum absolute atomic E-state index is 11.9. The zero-order valence-corrected chi connectivity index (χ0v) is 8.97. The summed E-state index contributed by atoms with van der Waals surface area (Å²) in [4.78, 5) is 10.7. The summed E-state index contributed by atoms with van der Waals surface area (Å²) in [5.74, 6) is 0. The lowest BCUT2D eigenvalue weighted by molar-refractivity contribution is -0.927. The minimum atomic E-state index is -0.654. The third kappa shape index (κ3) is 1.60. The Morgan fingerprint density at radius 1 is 1.50 bits per heavy atom. The summed E-state index contributed by atoms with van der Waals surface area (Å²) in [5.41, 5.74) is 4.44. The van der Waals surface area contributed by atoms with Crippen LogP contribution in [0, 0.1) is 5.21 Å². The smallest absolute Gasteiger partial charge is 0.316 e. The third-order valence-electron chi connectivity index (χ3n) is 2.59. The van der Waals surface area contributed by atoms with Gasteiger partial charge in [-0.2, -0.15) is 0 Å². The Morgan fingerprint density at radius 2 is 2.00 bits per heavy atom. The number of urea groups is 1. The van der Waals surface area contributed by atoms with E-state index in [1.165, 1.54) is 0 Å². The van der Waals surface area contributed by atoms with Crippen molar-refractivity contribution < 1.29 is 9.86 Å². The SMILES string of the molecule is CC1(C)C=C(NC(N)=O)C(C)(C)[NH+]1[O-]. The van der Waals surface area contributed by atoms with Gasteiger partial charge in [0.25, 0.3) is 0 Å². The van der Waals surface area contributed by atoms with E-state index in [1.807, 2.05) is 13.8 Å². The van der Waals surface area contributed by atoms with Gasteiger partial charge in [0.15, 0.2) is 0 Å². The molecule has 0 bridgehead atoms. The summed E-state index contributed by atoms with van der Waals surface area (Å²) >= 11 is 0. The van der Waals surface area contributed by atoms with Gasteiger partial charge in [0.1, 0.15) is 11.1 Å². The van der Waals surface area contributed by atoms with Gasteiger partial charge in [0.2, 0.25) is 0 Å². The molecule has 1 rings (SSSR count). The van der Waals surface area contributed by atoms with Crippen molar-refractivity contribution in [1.82, 2.24) is 5.32 Å². The quantitative estimate of drug-likeness (QED) is 0.497. The Balaban J connectivity index is 3.00. The van der Waals surface area contributed by atoms with Crippen molar-refractivity contribution in [3.63, 3.8) is 0 Å². The largest absolute Gasteiger partial charge is 0.633 e. The van der Waals surface area contributed by atoms with Gasteiger partial charge < -0.3 is 21.3 Å². The summed E-state index contributed by atoms with van der Waals surface area (Å²) < 4.78 is 0. The molecular formula is C9H17N3O2. The molecule has 0 fully saturated rings. The van der Waals surface area contributed by atoms with Crippen LogP contribution in [0.25, 0.3) is 0 Å². The molecule has 0 aromatic carbocycles. The van der Waals surface area contributed by atoms with Gasteiger partial charge in [-0.25, -0.2) is 4.79 Å². The maximum atomic E-state index is 11.9. The van der Waals surface area contributed by atoms with Crippen LogP contribution in [0.4, 0.5) is 4.79 Å². The van der Waals surface area contributed by atoms with Crippen molar-refractivity contribution in [3.05, 3.63) is 17.0 Å². The first-order valence-corrected chi connectivity index (χ1v) is 4.52. The number of nitrogens with one attached hydrogen (secondary N) is 2. The summed E-state index contributed by atoms with van der Waals surface area (Å²) in [6, 6.07) is -0.630. The Hall–Kier alpha value is -1.07. The van der Waals surface area contributed by atoms with E-state index in [9.17, 15) is 10.0 Å². The molecule has 14 heavy (non-hydrogen) atoms. The number of quaternary nitrogens is 1. The van der Waals surface area contributed by atoms with Crippen LogP contribution in [0.15, 0.2) is 11.8 Å². The Morgan fingerprint density at radius 3 is 2.29 bits per heavy atom. The Bertz CT molecular complexity index is 294. The maximum Gasteiger partial charge on any atom is 0.316 e. The van der Waals surface area contributed by atoms with E-state index in [1.54, 1.807) is 19.9 Å². The van der Waals surface area contributed by atoms with Gasteiger partial charge in [-0.3, -0.25) is 0 Å². The molecule has 1 unspecified atom stereocenters. The summed E-state index contributed by atoms with van der Waals surface area (Å²) in [6.45, 7) is 7.22. The Kier molecular flexibility index (Phi) is 2.33. The number of hydrogen-bond acceptors (Lipinski definition) is 2. The molecule has 1 aliphatic heterocycles. The molecule has 0 saturated carbocycles. The van der Waals surface area contributed by atoms with Crippen LogP contribution in [0.1, 0.15) is 27.7 Å². The summed E-state index contributed by atoms with van der Waals surface area (Å²) in [7, 11) is 0. The predicted molar refractivity (Wildman–Crippen MR) is 53.3 cm³/mol. The highest BCUT2D eigenvalue weighted by Gasteiger charge is 2.45. The second-order valence-electron chi connectivity index (χ2n) is 4.72. The molecule has 4 N–H and O–H groups in total. The third-order valence-corrected chi connectivity index (χ3v) is 2.59. The monoisotopic (exact) mass is 199 g/mol. The highest BCUT2D eigenvalue weighted by Crippen LogP contribution is 2.21. The minimum absolute atomic E-state index is 0.0914. The number of hydrogen-bond donors (Lipinski definition) is 3. The molecule has 1 atom stereocenters. The van der Waals surface area contributed by atoms with Crippen LogP contribution in [0.5, 0.6) is 0 Å². The van der Waals surface area contributed by atoms with Crippen LogP contribution in [0.3, 0.4) is 0 Å². The van der Waals surface area contributed by atoms with Gasteiger partial charge in [0.05, 0.1) is 5.70 Å². The van der Waals surface area contributed by atoms with Crippen molar-refractivity contribution in [2.45, 2.75) is 38.8 Å². The van der Waals surface area contributed by atoms with Crippen molar-refractivity contribution in [2.24, 2.45) is 5.73 Å². The highest BCUT2D eigenvalue weighted by atomic mass is 16.5. The second-order valence-corrected chi connectivity index (χ2v) is 4.72. The van der Waals surface area contributed by atoms with Gasteiger partial charge in [-0.05, 0) is 27.7 Å². The van der Waals surface area contributed by atoms with Crippen molar-refractivity contribution in [2.75, 3.05) is 0 Å². The number of amides is 2.